The molecule has 0 radical (unpaired) electrons. The molecular weight excluding hydrogens is 268 g/mol. The Labute approximate surface area is 132 Å². The number of nitrogens with zero attached hydrogens (tertiary/aromatic N) is 2. The minimum absolute atomic E-state index is 0.446. The molecule has 0 amide bonds. The standard InChI is InChI=1S/C20H22N2/c1-13(2)16-9-7-10-17(14(3)4)20(16)22-19-12-15-8-5-6-11-18(15)21-19/h5-14H,1-4H3. The molecule has 3 rings (SSSR count). The van der Waals surface area contributed by atoms with E-state index < -0.39 is 0 Å². The van der Waals surface area contributed by atoms with Gasteiger partial charge >= 0.3 is 0 Å². The van der Waals surface area contributed by atoms with Gasteiger partial charge in [0.05, 0.1) is 11.0 Å². The van der Waals surface area contributed by atoms with Gasteiger partial charge in [0.15, 0.2) is 5.84 Å². The van der Waals surface area contributed by atoms with Crippen LogP contribution in [0.5, 0.6) is 0 Å². The average Bonchev–Trinajstić information content (AvgIpc) is 2.89. The second-order valence-corrected chi connectivity index (χ2v) is 6.38. The van der Waals surface area contributed by atoms with Crippen molar-refractivity contribution in [2.75, 3.05) is 0 Å². The third-order valence-corrected chi connectivity index (χ3v) is 4.03. The Morgan fingerprint density at radius 2 is 1.45 bits per heavy atom. The Kier molecular flexibility index (Phi) is 3.93. The maximum atomic E-state index is 4.91. The number of aliphatic imine (C=N–C) groups is 1. The third kappa shape index (κ3) is 2.74. The van der Waals surface area contributed by atoms with Crippen molar-refractivity contribution in [2.45, 2.75) is 39.5 Å². The first-order valence-corrected chi connectivity index (χ1v) is 7.93. The van der Waals surface area contributed by atoms with E-state index >= 15 is 0 Å². The van der Waals surface area contributed by atoms with Crippen LogP contribution < -0.4 is 10.6 Å². The number of hydrogen-bond donors (Lipinski definition) is 0. The van der Waals surface area contributed by atoms with Gasteiger partial charge in [-0.2, -0.15) is 0 Å². The first-order chi connectivity index (χ1) is 10.6. The molecule has 0 saturated carbocycles. The van der Waals surface area contributed by atoms with Crippen LogP contribution in [0.3, 0.4) is 0 Å². The summed E-state index contributed by atoms with van der Waals surface area (Å²) in [6, 6.07) is 14.7. The van der Waals surface area contributed by atoms with Gasteiger partial charge in [0.2, 0.25) is 0 Å². The predicted molar refractivity (Wildman–Crippen MR) is 93.4 cm³/mol. The zero-order chi connectivity index (χ0) is 15.7. The van der Waals surface area contributed by atoms with Gasteiger partial charge in [0.25, 0.3) is 0 Å². The predicted octanol–water partition coefficient (Wildman–Crippen LogP) is 4.08. The summed E-state index contributed by atoms with van der Waals surface area (Å²) >= 11 is 0. The largest absolute Gasteiger partial charge is 0.229 e. The summed E-state index contributed by atoms with van der Waals surface area (Å²) in [5.41, 5.74) is 3.67. The summed E-state index contributed by atoms with van der Waals surface area (Å²) in [6.45, 7) is 8.86. The zero-order valence-corrected chi connectivity index (χ0v) is 13.7. The van der Waals surface area contributed by atoms with Gasteiger partial charge in [-0.15, -0.1) is 0 Å². The van der Waals surface area contributed by atoms with E-state index in [-0.39, 0.29) is 0 Å². The van der Waals surface area contributed by atoms with Gasteiger partial charge < -0.3 is 0 Å². The molecule has 0 aliphatic carbocycles. The van der Waals surface area contributed by atoms with E-state index in [1.54, 1.807) is 0 Å². The van der Waals surface area contributed by atoms with Crippen molar-refractivity contribution >= 4 is 17.6 Å². The molecule has 112 valence electrons. The molecule has 1 aliphatic rings. The van der Waals surface area contributed by atoms with Gasteiger partial charge in [-0.3, -0.25) is 0 Å². The van der Waals surface area contributed by atoms with Gasteiger partial charge in [0, 0.05) is 5.22 Å². The molecule has 2 heteroatoms. The number of fused-ring (bicyclic) bond motifs is 1. The van der Waals surface area contributed by atoms with Crippen LogP contribution in [-0.4, -0.2) is 5.84 Å². The zero-order valence-electron chi connectivity index (χ0n) is 13.7. The first-order valence-electron chi connectivity index (χ1n) is 7.93. The summed E-state index contributed by atoms with van der Waals surface area (Å²) in [4.78, 5) is 9.55. The summed E-state index contributed by atoms with van der Waals surface area (Å²) < 4.78 is 0. The second kappa shape index (κ2) is 5.88. The van der Waals surface area contributed by atoms with E-state index in [0.717, 1.165) is 22.1 Å². The summed E-state index contributed by atoms with van der Waals surface area (Å²) in [5, 5.41) is 2.16. The molecule has 0 fully saturated rings. The van der Waals surface area contributed by atoms with E-state index in [1.165, 1.54) is 11.1 Å². The quantitative estimate of drug-likeness (QED) is 0.814. The Morgan fingerprint density at radius 1 is 0.818 bits per heavy atom. The van der Waals surface area contributed by atoms with Crippen LogP contribution in [0.4, 0.5) is 5.69 Å². The number of para-hydroxylation sites is 2. The molecule has 0 spiro atoms. The van der Waals surface area contributed by atoms with Gasteiger partial charge in [-0.05, 0) is 35.1 Å². The van der Waals surface area contributed by atoms with E-state index in [1.807, 2.05) is 18.2 Å². The minimum Gasteiger partial charge on any atom is -0.229 e. The fourth-order valence-electron chi connectivity index (χ4n) is 2.82. The number of benzene rings is 2. The highest BCUT2D eigenvalue weighted by atomic mass is 14.9. The molecule has 1 heterocycles. The molecule has 22 heavy (non-hydrogen) atoms. The SMILES string of the molecule is CC(C)c1cccc(C(C)C)c1N=C1C=c2ccccc2=N1. The summed E-state index contributed by atoms with van der Waals surface area (Å²) in [7, 11) is 0. The fraction of sp³-hybridized carbons (Fsp3) is 0.300. The molecule has 0 bridgehead atoms. The third-order valence-electron chi connectivity index (χ3n) is 4.03. The van der Waals surface area contributed by atoms with Crippen LogP contribution in [0.1, 0.15) is 50.7 Å². The smallest absolute Gasteiger partial charge is 0.153 e. The maximum absolute atomic E-state index is 4.91. The molecule has 0 N–H and O–H groups in total. The molecule has 0 atom stereocenters. The molecule has 0 aromatic heterocycles. The van der Waals surface area contributed by atoms with Crippen LogP contribution >= 0.6 is 0 Å². The average molecular weight is 290 g/mol. The van der Waals surface area contributed by atoms with Gasteiger partial charge in [-0.25, -0.2) is 9.98 Å². The van der Waals surface area contributed by atoms with Crippen LogP contribution in [0.2, 0.25) is 0 Å². The Morgan fingerprint density at radius 3 is 2.05 bits per heavy atom. The molecule has 2 aromatic rings. The first kappa shape index (κ1) is 14.7. The molecule has 0 unspecified atom stereocenters. The highest BCUT2D eigenvalue weighted by Gasteiger charge is 2.14. The van der Waals surface area contributed by atoms with Crippen molar-refractivity contribution in [1.29, 1.82) is 0 Å². The molecule has 2 aromatic carbocycles. The highest BCUT2D eigenvalue weighted by Crippen LogP contribution is 2.34. The van der Waals surface area contributed by atoms with Crippen LogP contribution in [0, 0.1) is 0 Å². The van der Waals surface area contributed by atoms with Gasteiger partial charge in [-0.1, -0.05) is 64.1 Å². The summed E-state index contributed by atoms with van der Waals surface area (Å²) in [6.07, 6.45) is 2.07. The highest BCUT2D eigenvalue weighted by molar-refractivity contribution is 6.11. The molecular formula is C20H22N2. The van der Waals surface area contributed by atoms with Crippen molar-refractivity contribution in [1.82, 2.24) is 0 Å². The van der Waals surface area contributed by atoms with E-state index in [9.17, 15) is 0 Å². The van der Waals surface area contributed by atoms with Crippen molar-refractivity contribution in [2.24, 2.45) is 9.98 Å². The van der Waals surface area contributed by atoms with E-state index in [0.29, 0.717) is 11.8 Å². The lowest BCUT2D eigenvalue weighted by atomic mass is 9.93. The van der Waals surface area contributed by atoms with Crippen molar-refractivity contribution in [3.63, 3.8) is 0 Å². The second-order valence-electron chi connectivity index (χ2n) is 6.38. The monoisotopic (exact) mass is 290 g/mol. The van der Waals surface area contributed by atoms with E-state index in [2.05, 4.69) is 63.0 Å². The summed E-state index contributed by atoms with van der Waals surface area (Å²) in [5.74, 6) is 1.69. The number of hydrogen-bond acceptors (Lipinski definition) is 1. The van der Waals surface area contributed by atoms with Crippen LogP contribution in [-0.2, 0) is 0 Å². The number of rotatable bonds is 3. The van der Waals surface area contributed by atoms with Crippen LogP contribution in [0.15, 0.2) is 52.4 Å². The number of amidine groups is 1. The maximum Gasteiger partial charge on any atom is 0.153 e. The lowest BCUT2D eigenvalue weighted by Gasteiger charge is -2.16. The van der Waals surface area contributed by atoms with E-state index in [4.69, 9.17) is 4.99 Å². The topological polar surface area (TPSA) is 24.7 Å². The minimum atomic E-state index is 0.446. The fourth-order valence-corrected chi connectivity index (χ4v) is 2.82. The van der Waals surface area contributed by atoms with Crippen LogP contribution in [0.25, 0.3) is 6.08 Å². The van der Waals surface area contributed by atoms with Crippen molar-refractivity contribution in [3.05, 3.63) is 64.2 Å². The Bertz CT molecular complexity index is 779. The molecule has 0 saturated heterocycles. The van der Waals surface area contributed by atoms with Crippen molar-refractivity contribution < 1.29 is 0 Å². The normalized spacial score (nSPS) is 15.1. The molecule has 2 nitrogen and oxygen atoms in total. The Hall–Kier alpha value is -2.22. The van der Waals surface area contributed by atoms with Gasteiger partial charge in [0.1, 0.15) is 0 Å². The molecule has 1 aliphatic heterocycles. The lowest BCUT2D eigenvalue weighted by molar-refractivity contribution is 0.834. The van der Waals surface area contributed by atoms with Crippen molar-refractivity contribution in [3.8, 4) is 0 Å². The Balaban J connectivity index is 2.17. The lowest BCUT2D eigenvalue weighted by Crippen LogP contribution is -2.19.